The van der Waals surface area contributed by atoms with E-state index >= 15 is 0 Å². The number of carbonyl (C=O) groups excluding carboxylic acids is 2. The second kappa shape index (κ2) is 10.7. The van der Waals surface area contributed by atoms with E-state index in [9.17, 15) is 9.59 Å². The molecule has 0 aliphatic carbocycles. The Kier molecular flexibility index (Phi) is 8.03. The van der Waals surface area contributed by atoms with Crippen LogP contribution in [0.3, 0.4) is 0 Å². The number of carbonyl (C=O) groups is 2. The predicted octanol–water partition coefficient (Wildman–Crippen LogP) is 1.62. The van der Waals surface area contributed by atoms with Crippen molar-refractivity contribution in [2.45, 2.75) is 26.2 Å². The van der Waals surface area contributed by atoms with Crippen molar-refractivity contribution in [3.8, 4) is 0 Å². The van der Waals surface area contributed by atoms with Crippen molar-refractivity contribution in [3.05, 3.63) is 29.8 Å². The summed E-state index contributed by atoms with van der Waals surface area (Å²) in [6.07, 6.45) is 1.10. The van der Waals surface area contributed by atoms with Gasteiger partial charge in [-0.3, -0.25) is 19.4 Å². The number of anilines is 1. The number of piperazine rings is 1. The summed E-state index contributed by atoms with van der Waals surface area (Å²) in [5.41, 5.74) is 2.13. The maximum Gasteiger partial charge on any atom is 0.238 e. The molecule has 2 amide bonds. The largest absolute Gasteiger partial charge is 0.379 e. The molecule has 1 aromatic carbocycles. The SMILES string of the molecule is CCC(C)c1ccc(NC(=O)CN2CCN(C(=O)CN3CCOCC3)CC2)cc1. The smallest absolute Gasteiger partial charge is 0.238 e. The van der Waals surface area contributed by atoms with Crippen LogP contribution in [-0.2, 0) is 14.3 Å². The maximum absolute atomic E-state index is 12.5. The Bertz CT molecular complexity index is 665. The number of morpholine rings is 1. The monoisotopic (exact) mass is 402 g/mol. The van der Waals surface area contributed by atoms with Gasteiger partial charge in [-0.15, -0.1) is 0 Å². The third-order valence-electron chi connectivity index (χ3n) is 5.93. The minimum Gasteiger partial charge on any atom is -0.379 e. The van der Waals surface area contributed by atoms with E-state index in [0.29, 0.717) is 45.3 Å². The van der Waals surface area contributed by atoms with E-state index in [2.05, 4.69) is 41.1 Å². The quantitative estimate of drug-likeness (QED) is 0.751. The van der Waals surface area contributed by atoms with Crippen LogP contribution in [0.2, 0.25) is 0 Å². The van der Waals surface area contributed by atoms with Gasteiger partial charge >= 0.3 is 0 Å². The second-order valence-corrected chi connectivity index (χ2v) is 8.02. The lowest BCUT2D eigenvalue weighted by atomic mass is 9.99. The molecule has 2 aliphatic rings. The topological polar surface area (TPSA) is 65.1 Å². The lowest BCUT2D eigenvalue weighted by Crippen LogP contribution is -2.53. The van der Waals surface area contributed by atoms with Gasteiger partial charge in [0.25, 0.3) is 0 Å². The molecule has 2 aliphatic heterocycles. The molecular weight excluding hydrogens is 368 g/mol. The summed E-state index contributed by atoms with van der Waals surface area (Å²) in [7, 11) is 0. The molecule has 1 unspecified atom stereocenters. The van der Waals surface area contributed by atoms with Crippen LogP contribution >= 0.6 is 0 Å². The van der Waals surface area contributed by atoms with Gasteiger partial charge in [0.15, 0.2) is 0 Å². The van der Waals surface area contributed by atoms with Gasteiger partial charge in [-0.1, -0.05) is 26.0 Å². The number of nitrogens with one attached hydrogen (secondary N) is 1. The first-order chi connectivity index (χ1) is 14.0. The van der Waals surface area contributed by atoms with E-state index in [1.54, 1.807) is 0 Å². The van der Waals surface area contributed by atoms with Crippen LogP contribution in [0, 0.1) is 0 Å². The molecule has 160 valence electrons. The standard InChI is InChI=1S/C22H34N4O3/c1-3-18(2)19-4-6-20(7-5-19)23-21(27)16-24-8-10-26(11-9-24)22(28)17-25-12-14-29-15-13-25/h4-7,18H,3,8-17H2,1-2H3,(H,23,27). The summed E-state index contributed by atoms with van der Waals surface area (Å²) in [6.45, 7) is 11.1. The van der Waals surface area contributed by atoms with Crippen molar-refractivity contribution in [2.75, 3.05) is 70.9 Å². The molecule has 2 saturated heterocycles. The minimum absolute atomic E-state index is 0.00520. The van der Waals surface area contributed by atoms with Crippen molar-refractivity contribution >= 4 is 17.5 Å². The first kappa shape index (κ1) is 21.7. The molecule has 0 aromatic heterocycles. The zero-order valence-corrected chi connectivity index (χ0v) is 17.7. The first-order valence-corrected chi connectivity index (χ1v) is 10.7. The van der Waals surface area contributed by atoms with Gasteiger partial charge < -0.3 is 15.0 Å². The van der Waals surface area contributed by atoms with Gasteiger partial charge in [-0.25, -0.2) is 0 Å². The minimum atomic E-state index is -0.00520. The summed E-state index contributed by atoms with van der Waals surface area (Å²) in [6, 6.07) is 8.12. The molecule has 1 N–H and O–H groups in total. The maximum atomic E-state index is 12.5. The Morgan fingerprint density at radius 2 is 1.59 bits per heavy atom. The van der Waals surface area contributed by atoms with E-state index in [0.717, 1.165) is 38.3 Å². The molecule has 7 nitrogen and oxygen atoms in total. The van der Waals surface area contributed by atoms with Crippen molar-refractivity contribution in [3.63, 3.8) is 0 Å². The van der Waals surface area contributed by atoms with Gasteiger partial charge in [0.05, 0.1) is 26.3 Å². The number of benzene rings is 1. The van der Waals surface area contributed by atoms with Crippen molar-refractivity contribution < 1.29 is 14.3 Å². The number of nitrogens with zero attached hydrogens (tertiary/aromatic N) is 3. The number of hydrogen-bond donors (Lipinski definition) is 1. The average molecular weight is 403 g/mol. The zero-order chi connectivity index (χ0) is 20.6. The average Bonchev–Trinajstić information content (AvgIpc) is 2.75. The highest BCUT2D eigenvalue weighted by atomic mass is 16.5. The predicted molar refractivity (Wildman–Crippen MR) is 114 cm³/mol. The lowest BCUT2D eigenvalue weighted by Gasteiger charge is -2.36. The van der Waals surface area contributed by atoms with Crippen LogP contribution in [0.5, 0.6) is 0 Å². The van der Waals surface area contributed by atoms with E-state index in [1.165, 1.54) is 5.56 Å². The molecule has 29 heavy (non-hydrogen) atoms. The summed E-state index contributed by atoms with van der Waals surface area (Å²) < 4.78 is 5.33. The van der Waals surface area contributed by atoms with Crippen molar-refractivity contribution in [1.29, 1.82) is 0 Å². The molecular formula is C22H34N4O3. The Hall–Kier alpha value is -1.96. The number of rotatable bonds is 7. The molecule has 0 bridgehead atoms. The summed E-state index contributed by atoms with van der Waals surface area (Å²) in [5, 5.41) is 2.98. The molecule has 0 radical (unpaired) electrons. The van der Waals surface area contributed by atoms with Crippen LogP contribution in [0.15, 0.2) is 24.3 Å². The van der Waals surface area contributed by atoms with E-state index in [4.69, 9.17) is 4.74 Å². The fourth-order valence-electron chi connectivity index (χ4n) is 3.74. The van der Waals surface area contributed by atoms with Crippen molar-refractivity contribution in [1.82, 2.24) is 14.7 Å². The first-order valence-electron chi connectivity index (χ1n) is 10.7. The molecule has 0 saturated carbocycles. The lowest BCUT2D eigenvalue weighted by molar-refractivity contribution is -0.135. The molecule has 7 heteroatoms. The van der Waals surface area contributed by atoms with Crippen LogP contribution < -0.4 is 5.32 Å². The molecule has 1 atom stereocenters. The van der Waals surface area contributed by atoms with Crippen LogP contribution in [0.1, 0.15) is 31.7 Å². The van der Waals surface area contributed by atoms with Gasteiger partial charge in [0, 0.05) is 45.0 Å². The van der Waals surface area contributed by atoms with Crippen LogP contribution in [-0.4, -0.2) is 92.1 Å². The normalized spacial score (nSPS) is 19.7. The Morgan fingerprint density at radius 1 is 0.966 bits per heavy atom. The highest BCUT2D eigenvalue weighted by Crippen LogP contribution is 2.20. The Morgan fingerprint density at radius 3 is 2.21 bits per heavy atom. The van der Waals surface area contributed by atoms with Crippen LogP contribution in [0.25, 0.3) is 0 Å². The number of ether oxygens (including phenoxy) is 1. The molecule has 0 spiro atoms. The fourth-order valence-corrected chi connectivity index (χ4v) is 3.74. The fraction of sp³-hybridized carbons (Fsp3) is 0.636. The van der Waals surface area contributed by atoms with Gasteiger partial charge in [-0.2, -0.15) is 0 Å². The second-order valence-electron chi connectivity index (χ2n) is 8.02. The van der Waals surface area contributed by atoms with Crippen LogP contribution in [0.4, 0.5) is 5.69 Å². The summed E-state index contributed by atoms with van der Waals surface area (Å²) in [4.78, 5) is 31.0. The van der Waals surface area contributed by atoms with E-state index < -0.39 is 0 Å². The summed E-state index contributed by atoms with van der Waals surface area (Å²) >= 11 is 0. The van der Waals surface area contributed by atoms with Gasteiger partial charge in [0.1, 0.15) is 0 Å². The summed E-state index contributed by atoms with van der Waals surface area (Å²) in [5.74, 6) is 0.703. The third kappa shape index (κ3) is 6.52. The Labute approximate surface area is 174 Å². The van der Waals surface area contributed by atoms with E-state index in [1.807, 2.05) is 17.0 Å². The molecule has 2 heterocycles. The van der Waals surface area contributed by atoms with Gasteiger partial charge in [0.2, 0.25) is 11.8 Å². The highest BCUT2D eigenvalue weighted by Gasteiger charge is 2.24. The molecule has 3 rings (SSSR count). The van der Waals surface area contributed by atoms with Crippen molar-refractivity contribution in [2.24, 2.45) is 0 Å². The Balaban J connectivity index is 1.38. The number of hydrogen-bond acceptors (Lipinski definition) is 5. The number of amides is 2. The van der Waals surface area contributed by atoms with E-state index in [-0.39, 0.29) is 11.8 Å². The van der Waals surface area contributed by atoms with Gasteiger partial charge in [-0.05, 0) is 30.0 Å². The third-order valence-corrected chi connectivity index (χ3v) is 5.93. The highest BCUT2D eigenvalue weighted by molar-refractivity contribution is 5.92. The zero-order valence-electron chi connectivity index (χ0n) is 17.7. The molecule has 2 fully saturated rings. The molecule has 1 aromatic rings.